The summed E-state index contributed by atoms with van der Waals surface area (Å²) in [7, 11) is 3.67. The standard InChI is InChI=1S/C19H26N4O3/c1-22(2)12-15-17(24)16(19(26)21-15)18(25)20-13-6-8-14(9-7-13)23-10-4-3-5-11-23/h6-9,21,24,26H,3-5,10-12H2,1-2H3,(H,20,25). The van der Waals surface area contributed by atoms with Crippen molar-refractivity contribution in [2.45, 2.75) is 25.8 Å². The average molecular weight is 358 g/mol. The van der Waals surface area contributed by atoms with E-state index in [1.165, 1.54) is 19.3 Å². The van der Waals surface area contributed by atoms with Crippen LogP contribution in [-0.2, 0) is 6.54 Å². The largest absolute Gasteiger partial charge is 0.505 e. The number of nitrogens with one attached hydrogen (secondary N) is 2. The van der Waals surface area contributed by atoms with Crippen LogP contribution in [-0.4, -0.2) is 53.2 Å². The second kappa shape index (κ2) is 7.70. The molecule has 2 aromatic rings. The van der Waals surface area contributed by atoms with Gasteiger partial charge in [-0.15, -0.1) is 0 Å². The summed E-state index contributed by atoms with van der Waals surface area (Å²) < 4.78 is 0. The molecule has 1 fully saturated rings. The lowest BCUT2D eigenvalue weighted by molar-refractivity contribution is 0.102. The zero-order chi connectivity index (χ0) is 18.7. The zero-order valence-electron chi connectivity index (χ0n) is 15.2. The minimum Gasteiger partial charge on any atom is -0.505 e. The molecule has 1 aromatic heterocycles. The van der Waals surface area contributed by atoms with Crippen molar-refractivity contribution in [3.05, 3.63) is 35.5 Å². The van der Waals surface area contributed by atoms with E-state index in [4.69, 9.17) is 0 Å². The number of carbonyl (C=O) groups is 1. The monoisotopic (exact) mass is 358 g/mol. The topological polar surface area (TPSA) is 91.8 Å². The van der Waals surface area contributed by atoms with Crippen LogP contribution in [0.15, 0.2) is 24.3 Å². The summed E-state index contributed by atoms with van der Waals surface area (Å²) >= 11 is 0. The zero-order valence-corrected chi connectivity index (χ0v) is 15.2. The third-order valence-electron chi connectivity index (χ3n) is 4.58. The molecule has 1 saturated heterocycles. The van der Waals surface area contributed by atoms with Crippen LogP contribution in [0.3, 0.4) is 0 Å². The van der Waals surface area contributed by atoms with E-state index in [1.807, 2.05) is 43.3 Å². The van der Waals surface area contributed by atoms with Crippen LogP contribution in [0.2, 0.25) is 0 Å². The number of amides is 1. The number of rotatable bonds is 5. The highest BCUT2D eigenvalue weighted by molar-refractivity contribution is 6.08. The number of hydrogen-bond donors (Lipinski definition) is 4. The Kier molecular flexibility index (Phi) is 5.37. The lowest BCUT2D eigenvalue weighted by atomic mass is 10.1. The lowest BCUT2D eigenvalue weighted by Gasteiger charge is -2.28. The molecule has 0 bridgehead atoms. The summed E-state index contributed by atoms with van der Waals surface area (Å²) in [5.74, 6) is -1.10. The van der Waals surface area contributed by atoms with Gasteiger partial charge in [0.2, 0.25) is 5.88 Å². The van der Waals surface area contributed by atoms with Gasteiger partial charge in [-0.25, -0.2) is 0 Å². The molecular weight excluding hydrogens is 332 g/mol. The fraction of sp³-hybridized carbons (Fsp3) is 0.421. The van der Waals surface area contributed by atoms with E-state index in [2.05, 4.69) is 15.2 Å². The molecule has 7 heteroatoms. The summed E-state index contributed by atoms with van der Waals surface area (Å²) in [5, 5.41) is 22.9. The van der Waals surface area contributed by atoms with Crippen molar-refractivity contribution in [3.63, 3.8) is 0 Å². The van der Waals surface area contributed by atoms with Crippen LogP contribution in [0.4, 0.5) is 11.4 Å². The molecule has 0 atom stereocenters. The summed E-state index contributed by atoms with van der Waals surface area (Å²) in [5.41, 5.74) is 2.02. The van der Waals surface area contributed by atoms with Gasteiger partial charge in [-0.3, -0.25) is 4.79 Å². The average Bonchev–Trinajstić information content (AvgIpc) is 2.89. The molecule has 1 aromatic carbocycles. The van der Waals surface area contributed by atoms with E-state index < -0.39 is 5.91 Å². The smallest absolute Gasteiger partial charge is 0.264 e. The molecule has 0 saturated carbocycles. The van der Waals surface area contributed by atoms with Crippen LogP contribution in [0.25, 0.3) is 0 Å². The Morgan fingerprint density at radius 1 is 1.15 bits per heavy atom. The Bertz CT molecular complexity index is 762. The number of aromatic hydroxyl groups is 2. The van der Waals surface area contributed by atoms with E-state index in [9.17, 15) is 15.0 Å². The summed E-state index contributed by atoms with van der Waals surface area (Å²) in [4.78, 5) is 19.3. The first kappa shape index (κ1) is 18.1. The maximum absolute atomic E-state index is 12.5. The highest BCUT2D eigenvalue weighted by Gasteiger charge is 2.23. The Morgan fingerprint density at radius 2 is 1.81 bits per heavy atom. The predicted octanol–water partition coefficient (Wildman–Crippen LogP) is 2.73. The third-order valence-corrected chi connectivity index (χ3v) is 4.58. The molecule has 0 aliphatic carbocycles. The van der Waals surface area contributed by atoms with E-state index in [1.54, 1.807) is 0 Å². The fourth-order valence-corrected chi connectivity index (χ4v) is 3.27. The highest BCUT2D eigenvalue weighted by Crippen LogP contribution is 2.32. The number of piperidine rings is 1. The Hall–Kier alpha value is -2.67. The number of aromatic nitrogens is 1. The molecule has 7 nitrogen and oxygen atoms in total. The molecule has 0 spiro atoms. The number of anilines is 2. The van der Waals surface area contributed by atoms with Crippen LogP contribution in [0.5, 0.6) is 11.6 Å². The quantitative estimate of drug-likeness (QED) is 0.660. The van der Waals surface area contributed by atoms with Gasteiger partial charge in [0, 0.05) is 31.0 Å². The Labute approximate surface area is 153 Å². The fourth-order valence-electron chi connectivity index (χ4n) is 3.27. The van der Waals surface area contributed by atoms with E-state index >= 15 is 0 Å². The van der Waals surface area contributed by atoms with Crippen molar-refractivity contribution in [1.29, 1.82) is 0 Å². The summed E-state index contributed by atoms with van der Waals surface area (Å²) in [6.07, 6.45) is 3.70. The van der Waals surface area contributed by atoms with Crippen LogP contribution in [0, 0.1) is 0 Å². The SMILES string of the molecule is CN(C)Cc1[nH]c(O)c(C(=O)Nc2ccc(N3CCCCC3)cc2)c1O. The summed E-state index contributed by atoms with van der Waals surface area (Å²) in [6.45, 7) is 2.51. The molecule has 0 unspecified atom stereocenters. The Balaban J connectivity index is 1.71. The minimum absolute atomic E-state index is 0.137. The predicted molar refractivity (Wildman–Crippen MR) is 102 cm³/mol. The van der Waals surface area contributed by atoms with Gasteiger partial charge >= 0.3 is 0 Å². The van der Waals surface area contributed by atoms with Crippen molar-refractivity contribution >= 4 is 17.3 Å². The molecule has 1 aliphatic rings. The van der Waals surface area contributed by atoms with Gasteiger partial charge in [0.15, 0.2) is 5.75 Å². The first-order valence-corrected chi connectivity index (χ1v) is 8.89. The van der Waals surface area contributed by atoms with Gasteiger partial charge in [0.1, 0.15) is 5.56 Å². The van der Waals surface area contributed by atoms with Gasteiger partial charge in [-0.05, 0) is 57.6 Å². The highest BCUT2D eigenvalue weighted by atomic mass is 16.3. The molecular formula is C19H26N4O3. The van der Waals surface area contributed by atoms with E-state index in [0.29, 0.717) is 17.9 Å². The van der Waals surface area contributed by atoms with Gasteiger partial charge in [0.25, 0.3) is 5.91 Å². The molecule has 140 valence electrons. The van der Waals surface area contributed by atoms with Crippen LogP contribution < -0.4 is 10.2 Å². The summed E-state index contributed by atoms with van der Waals surface area (Å²) in [6, 6.07) is 7.64. The van der Waals surface area contributed by atoms with Crippen LogP contribution >= 0.6 is 0 Å². The Morgan fingerprint density at radius 3 is 2.42 bits per heavy atom. The molecule has 26 heavy (non-hydrogen) atoms. The normalized spacial score (nSPS) is 14.7. The van der Waals surface area contributed by atoms with Gasteiger partial charge in [-0.1, -0.05) is 0 Å². The van der Waals surface area contributed by atoms with E-state index in [-0.39, 0.29) is 17.2 Å². The molecule has 1 amide bonds. The first-order chi connectivity index (χ1) is 12.5. The second-order valence-electron chi connectivity index (χ2n) is 6.96. The van der Waals surface area contributed by atoms with Crippen molar-refractivity contribution < 1.29 is 15.0 Å². The molecule has 4 N–H and O–H groups in total. The maximum Gasteiger partial charge on any atom is 0.264 e. The second-order valence-corrected chi connectivity index (χ2v) is 6.96. The number of aromatic amines is 1. The van der Waals surface area contributed by atoms with Gasteiger partial charge < -0.3 is 30.3 Å². The molecule has 1 aliphatic heterocycles. The number of nitrogens with zero attached hydrogens (tertiary/aromatic N) is 2. The third kappa shape index (κ3) is 3.94. The van der Waals surface area contributed by atoms with Crippen LogP contribution in [0.1, 0.15) is 35.3 Å². The molecule has 2 heterocycles. The maximum atomic E-state index is 12.5. The van der Waals surface area contributed by atoms with Crippen molar-refractivity contribution in [2.24, 2.45) is 0 Å². The molecule has 3 rings (SSSR count). The first-order valence-electron chi connectivity index (χ1n) is 8.89. The number of benzene rings is 1. The van der Waals surface area contributed by atoms with Gasteiger partial charge in [-0.2, -0.15) is 0 Å². The lowest BCUT2D eigenvalue weighted by Crippen LogP contribution is -2.29. The minimum atomic E-state index is -0.549. The number of H-pyrrole nitrogens is 1. The van der Waals surface area contributed by atoms with Crippen molar-refractivity contribution in [3.8, 4) is 11.6 Å². The van der Waals surface area contributed by atoms with Crippen molar-refractivity contribution in [2.75, 3.05) is 37.4 Å². The van der Waals surface area contributed by atoms with Gasteiger partial charge in [0.05, 0.1) is 5.69 Å². The number of carbonyl (C=O) groups excluding carboxylic acids is 1. The van der Waals surface area contributed by atoms with E-state index in [0.717, 1.165) is 18.8 Å². The molecule has 0 radical (unpaired) electrons. The van der Waals surface area contributed by atoms with Crippen molar-refractivity contribution in [1.82, 2.24) is 9.88 Å². The number of hydrogen-bond acceptors (Lipinski definition) is 5.